The van der Waals surface area contributed by atoms with Crippen LogP contribution in [-0.2, 0) is 18.7 Å². The fraction of sp³-hybridized carbons (Fsp3) is 0.136. The first-order valence-electron chi connectivity index (χ1n) is 11.2. The van der Waals surface area contributed by atoms with Gasteiger partial charge in [0.25, 0.3) is 0 Å². The van der Waals surface area contributed by atoms with Crippen molar-refractivity contribution in [2.75, 3.05) is 16.8 Å². The number of rotatable bonds is 12. The van der Waals surface area contributed by atoms with Crippen LogP contribution in [0, 0.1) is 12.4 Å². The average Bonchev–Trinajstić information content (AvgIpc) is 2.93. The number of phenols is 1. The Hall–Kier alpha value is -3.61. The van der Waals surface area contributed by atoms with Crippen LogP contribution in [0.5, 0.6) is 5.75 Å². The van der Waals surface area contributed by atoms with E-state index in [4.69, 9.17) is 16.3 Å². The van der Waals surface area contributed by atoms with Gasteiger partial charge in [-0.1, -0.05) is 28.3 Å². The lowest BCUT2D eigenvalue weighted by atomic mass is 10.1. The fourth-order valence-electron chi connectivity index (χ4n) is 3.65. The molecule has 38 heavy (non-hydrogen) atoms. The monoisotopic (exact) mass is 560 g/mol. The number of benzene rings is 3. The van der Waals surface area contributed by atoms with E-state index in [0.717, 1.165) is 5.69 Å². The third kappa shape index (κ3) is 5.93. The minimum Gasteiger partial charge on any atom is -0.505 e. The molecule has 0 radical (unpaired) electrons. The maximum absolute atomic E-state index is 10.9. The zero-order chi connectivity index (χ0) is 27.8. The quantitative estimate of drug-likeness (QED) is 0.0549. The molecule has 14 nitrogen and oxygen atoms in total. The highest BCUT2D eigenvalue weighted by atomic mass is 32.2. The van der Waals surface area contributed by atoms with Gasteiger partial charge in [0.2, 0.25) is 13.3 Å². The Morgan fingerprint density at radius 2 is 1.82 bits per heavy atom. The van der Waals surface area contributed by atoms with E-state index < -0.39 is 0 Å². The van der Waals surface area contributed by atoms with Crippen LogP contribution in [0.3, 0.4) is 0 Å². The predicted molar refractivity (Wildman–Crippen MR) is 139 cm³/mol. The first-order chi connectivity index (χ1) is 19.0. The molecule has 198 valence electrons. The van der Waals surface area contributed by atoms with Gasteiger partial charge in [0.05, 0.1) is 39.6 Å². The first kappa shape index (κ1) is 26.0. The predicted octanol–water partition coefficient (Wildman–Crippen LogP) is 6.46. The average molecular weight is 561 g/mol. The summed E-state index contributed by atoms with van der Waals surface area (Å²) < 4.78 is 16.3. The molecule has 0 spiro atoms. The van der Waals surface area contributed by atoms with Crippen LogP contribution >= 0.6 is 24.1 Å². The van der Waals surface area contributed by atoms with E-state index in [2.05, 4.69) is 45.3 Å². The third-order valence-electron chi connectivity index (χ3n) is 5.19. The molecule has 0 aliphatic carbocycles. The molecule has 1 heterocycles. The van der Waals surface area contributed by atoms with Crippen molar-refractivity contribution in [2.45, 2.75) is 23.6 Å². The molecule has 0 saturated carbocycles. The fourth-order valence-corrected chi connectivity index (χ4v) is 4.71. The molecule has 4 rings (SSSR count). The third-order valence-corrected chi connectivity index (χ3v) is 6.55. The molecule has 0 bridgehead atoms. The van der Waals surface area contributed by atoms with Gasteiger partial charge in [0.15, 0.2) is 5.75 Å². The van der Waals surface area contributed by atoms with Gasteiger partial charge in [-0.15, -0.1) is 8.67 Å². The summed E-state index contributed by atoms with van der Waals surface area (Å²) in [5.41, 5.74) is 4.18. The van der Waals surface area contributed by atoms with Gasteiger partial charge in [-0.2, -0.15) is 20.1 Å². The van der Waals surface area contributed by atoms with Crippen LogP contribution in [0.1, 0.15) is 12.7 Å². The summed E-state index contributed by atoms with van der Waals surface area (Å²) in [6, 6.07) is 14.4. The molecule has 5 N–H and O–H groups in total. The highest BCUT2D eigenvalue weighted by Gasteiger charge is 2.21. The highest BCUT2D eigenvalue weighted by molar-refractivity contribution is 7.95. The number of aromatic hydroxyl groups is 1. The van der Waals surface area contributed by atoms with E-state index in [1.807, 2.05) is 42.2 Å². The van der Waals surface area contributed by atoms with Gasteiger partial charge in [-0.3, -0.25) is 0 Å². The van der Waals surface area contributed by atoms with Crippen molar-refractivity contribution >= 4 is 63.8 Å². The summed E-state index contributed by atoms with van der Waals surface area (Å²) in [4.78, 5) is 15.9. The van der Waals surface area contributed by atoms with Gasteiger partial charge in [-0.05, 0) is 44.2 Å². The number of aryl methyl sites for hydroxylation is 1. The number of nitrogens with one attached hydrogen (secondary N) is 2. The molecule has 0 unspecified atom stereocenters. The molecule has 0 fully saturated rings. The van der Waals surface area contributed by atoms with Crippen LogP contribution in [0.4, 0.5) is 29.0 Å². The summed E-state index contributed by atoms with van der Waals surface area (Å²) in [7, 11) is 0. The Labute approximate surface area is 225 Å². The van der Waals surface area contributed by atoms with E-state index in [1.54, 1.807) is 19.1 Å². The Bertz CT molecular complexity index is 1470. The summed E-state index contributed by atoms with van der Waals surface area (Å²) in [5.74, 6) is 0.760. The number of aromatic nitrogens is 3. The van der Waals surface area contributed by atoms with Gasteiger partial charge in [0, 0.05) is 23.0 Å². The largest absolute Gasteiger partial charge is 0.505 e. The van der Waals surface area contributed by atoms with E-state index >= 15 is 0 Å². The van der Waals surface area contributed by atoms with Crippen molar-refractivity contribution in [3.8, 4) is 5.75 Å². The molecule has 0 saturated heterocycles. The molecule has 0 aliphatic heterocycles. The summed E-state index contributed by atoms with van der Waals surface area (Å²) in [6.07, 6.45) is 0. The molecule has 1 aromatic heterocycles. The Kier molecular flexibility index (Phi) is 8.74. The normalized spacial score (nSPS) is 11.7. The molecular formula is C22H21N7O7S2. The number of phenolic OH excluding ortho intramolecular Hbond substituents is 1. The maximum Gasteiger partial charge on any atom is 0.234 e. The van der Waals surface area contributed by atoms with Crippen LogP contribution < -0.4 is 10.2 Å². The second-order valence-electron chi connectivity index (χ2n) is 7.37. The number of fused-ring (bicyclic) bond motifs is 1. The molecule has 16 heteroatoms. The molecule has 0 amide bonds. The highest BCUT2D eigenvalue weighted by Crippen LogP contribution is 2.47. The summed E-state index contributed by atoms with van der Waals surface area (Å²) in [5, 5.41) is 43.1. The van der Waals surface area contributed by atoms with Crippen LogP contribution in [0.25, 0.3) is 10.8 Å². The molecule has 0 atom stereocenters. The molecule has 0 aliphatic rings. The second-order valence-corrected chi connectivity index (χ2v) is 8.83. The van der Waals surface area contributed by atoms with Crippen molar-refractivity contribution in [1.29, 1.82) is 5.52 Å². The van der Waals surface area contributed by atoms with Gasteiger partial charge >= 0.3 is 0 Å². The lowest BCUT2D eigenvalue weighted by molar-refractivity contribution is -0.432. The lowest BCUT2D eigenvalue weighted by Crippen LogP contribution is -2.20. The Morgan fingerprint density at radius 3 is 2.53 bits per heavy atom. The summed E-state index contributed by atoms with van der Waals surface area (Å²) >= 11 is 1.13. The Morgan fingerprint density at radius 1 is 1.05 bits per heavy atom. The van der Waals surface area contributed by atoms with Crippen LogP contribution in [0.2, 0.25) is 1.41 Å². The molecule has 4 aromatic rings. The van der Waals surface area contributed by atoms with Crippen molar-refractivity contribution < 1.29 is 35.8 Å². The zero-order valence-corrected chi connectivity index (χ0v) is 21.4. The number of anilines is 4. The van der Waals surface area contributed by atoms with Gasteiger partial charge in [0.1, 0.15) is 11.5 Å². The van der Waals surface area contributed by atoms with E-state index in [9.17, 15) is 5.11 Å². The lowest BCUT2D eigenvalue weighted by Gasteiger charge is -2.21. The van der Waals surface area contributed by atoms with E-state index in [-0.39, 0.29) is 27.7 Å². The number of para-hydroxylation sites is 1. The second kappa shape index (κ2) is 12.8. The smallest absolute Gasteiger partial charge is 0.234 e. The SMILES string of the molecule is [2H]/N=N\c1c(SOOO)cc2c(SOOO)c(Nc3nc(C)nc(N(CC)c4ccccc4)n3)ccc2c1O. The van der Waals surface area contributed by atoms with Crippen molar-refractivity contribution in [1.82, 2.24) is 15.0 Å². The molecular weight excluding hydrogens is 538 g/mol. The topological polar surface area (TPSA) is 188 Å². The van der Waals surface area contributed by atoms with Crippen LogP contribution in [-0.4, -0.2) is 37.1 Å². The van der Waals surface area contributed by atoms with Crippen molar-refractivity contribution in [3.63, 3.8) is 0 Å². The van der Waals surface area contributed by atoms with Gasteiger partial charge in [-0.25, -0.2) is 16.0 Å². The minimum atomic E-state index is -0.342. The number of hydrogen-bond donors (Lipinski definition) is 5. The zero-order valence-electron chi connectivity index (χ0n) is 20.8. The molecule has 3 aromatic carbocycles. The first-order valence-corrected chi connectivity index (χ1v) is 12.3. The number of nitrogens with zero attached hydrogens (tertiary/aromatic N) is 5. The maximum atomic E-state index is 10.9. The Balaban J connectivity index is 1.82. The van der Waals surface area contributed by atoms with Crippen molar-refractivity contribution in [3.05, 3.63) is 54.4 Å². The standard InChI is InChI=1S/C22H21N7O7S2/c1-3-29(13-7-5-4-6-8-13)22-25-12(2)24-21(27-22)26-16-10-9-14-15(20(16)38-36-34-32)11-17(37-35-33-31)18(28-23)19(14)30/h4-11,23,30-32H,3H2,1-2H3,(H,24,25,26,27)/b28-23-/i/hD. The van der Waals surface area contributed by atoms with Crippen LogP contribution in [0.15, 0.2) is 63.4 Å². The number of hydrogen-bond acceptors (Lipinski definition) is 16. The van der Waals surface area contributed by atoms with E-state index in [0.29, 0.717) is 58.4 Å². The van der Waals surface area contributed by atoms with E-state index in [1.165, 1.54) is 6.07 Å². The van der Waals surface area contributed by atoms with Crippen molar-refractivity contribution in [2.24, 2.45) is 5.11 Å². The van der Waals surface area contributed by atoms with Gasteiger partial charge < -0.3 is 15.3 Å². The minimum absolute atomic E-state index is 0.103. The summed E-state index contributed by atoms with van der Waals surface area (Å²) in [6.45, 7) is 4.32.